The lowest BCUT2D eigenvalue weighted by Crippen LogP contribution is -2.40. The number of oxazole rings is 1. The van der Waals surface area contributed by atoms with Crippen molar-refractivity contribution in [3.63, 3.8) is 0 Å². The SMILES string of the molecule is Cc1coc(-c2c[n+](C)n3c(=O)cc(-c4ccccc4)[nH]c23)n1. The molecule has 6 nitrogen and oxygen atoms in total. The minimum absolute atomic E-state index is 0.116. The van der Waals surface area contributed by atoms with Gasteiger partial charge in [0.25, 0.3) is 0 Å². The van der Waals surface area contributed by atoms with Gasteiger partial charge in [-0.05, 0) is 12.5 Å². The van der Waals surface area contributed by atoms with Crippen LogP contribution in [0.5, 0.6) is 0 Å². The van der Waals surface area contributed by atoms with Gasteiger partial charge in [-0.1, -0.05) is 34.8 Å². The maximum atomic E-state index is 12.5. The zero-order valence-corrected chi connectivity index (χ0v) is 12.8. The number of nitrogens with zero attached hydrogens (tertiary/aromatic N) is 3. The molecule has 0 atom stereocenters. The fourth-order valence-electron chi connectivity index (χ4n) is 2.72. The lowest BCUT2D eigenvalue weighted by atomic mass is 10.1. The molecular formula is C17H15N4O2+. The smallest absolute Gasteiger partial charge is 0.310 e. The summed E-state index contributed by atoms with van der Waals surface area (Å²) in [6.07, 6.45) is 3.42. The third-order valence-corrected chi connectivity index (χ3v) is 3.76. The Bertz CT molecular complexity index is 1060. The summed E-state index contributed by atoms with van der Waals surface area (Å²) in [4.78, 5) is 20.2. The highest BCUT2D eigenvalue weighted by Crippen LogP contribution is 2.23. The van der Waals surface area contributed by atoms with Crippen LogP contribution in [-0.4, -0.2) is 14.5 Å². The first-order chi connectivity index (χ1) is 11.1. The van der Waals surface area contributed by atoms with Gasteiger partial charge in [-0.25, -0.2) is 4.98 Å². The van der Waals surface area contributed by atoms with Gasteiger partial charge in [0.2, 0.25) is 12.1 Å². The molecule has 0 aliphatic heterocycles. The van der Waals surface area contributed by atoms with Crippen LogP contribution in [-0.2, 0) is 7.05 Å². The molecule has 0 amide bonds. The van der Waals surface area contributed by atoms with E-state index >= 15 is 0 Å². The van der Waals surface area contributed by atoms with Crippen molar-refractivity contribution in [2.45, 2.75) is 6.92 Å². The summed E-state index contributed by atoms with van der Waals surface area (Å²) >= 11 is 0. The van der Waals surface area contributed by atoms with E-state index in [1.165, 1.54) is 0 Å². The third-order valence-electron chi connectivity index (χ3n) is 3.76. The Morgan fingerprint density at radius 3 is 2.74 bits per heavy atom. The number of rotatable bonds is 2. The van der Waals surface area contributed by atoms with E-state index in [1.807, 2.05) is 50.5 Å². The van der Waals surface area contributed by atoms with Gasteiger partial charge in [0.05, 0.1) is 11.4 Å². The van der Waals surface area contributed by atoms with Crippen LogP contribution in [0, 0.1) is 6.92 Å². The van der Waals surface area contributed by atoms with Crippen LogP contribution >= 0.6 is 0 Å². The molecule has 1 aromatic carbocycles. The number of aryl methyl sites for hydroxylation is 2. The van der Waals surface area contributed by atoms with E-state index in [1.54, 1.807) is 21.5 Å². The fourth-order valence-corrected chi connectivity index (χ4v) is 2.72. The maximum absolute atomic E-state index is 12.5. The summed E-state index contributed by atoms with van der Waals surface area (Å²) in [5.41, 5.74) is 3.78. The lowest BCUT2D eigenvalue weighted by Gasteiger charge is -2.02. The summed E-state index contributed by atoms with van der Waals surface area (Å²) in [6, 6.07) is 11.3. The van der Waals surface area contributed by atoms with Crippen molar-refractivity contribution in [2.75, 3.05) is 0 Å². The van der Waals surface area contributed by atoms with Crippen molar-refractivity contribution in [3.8, 4) is 22.7 Å². The maximum Gasteiger partial charge on any atom is 0.310 e. The molecule has 0 aliphatic rings. The van der Waals surface area contributed by atoms with E-state index in [-0.39, 0.29) is 5.56 Å². The summed E-state index contributed by atoms with van der Waals surface area (Å²) < 4.78 is 8.77. The molecule has 1 N–H and O–H groups in total. The van der Waals surface area contributed by atoms with Crippen LogP contribution in [0.1, 0.15) is 5.69 Å². The van der Waals surface area contributed by atoms with Crippen molar-refractivity contribution < 1.29 is 9.10 Å². The Kier molecular flexibility index (Phi) is 2.90. The number of hydrogen-bond acceptors (Lipinski definition) is 3. The van der Waals surface area contributed by atoms with Crippen molar-refractivity contribution in [3.05, 3.63) is 64.9 Å². The fraction of sp³-hybridized carbons (Fsp3) is 0.118. The molecule has 0 unspecified atom stereocenters. The van der Waals surface area contributed by atoms with Gasteiger partial charge < -0.3 is 9.40 Å². The Balaban J connectivity index is 2.03. The Morgan fingerprint density at radius 2 is 2.04 bits per heavy atom. The van der Waals surface area contributed by atoms with Gasteiger partial charge >= 0.3 is 5.56 Å². The van der Waals surface area contributed by atoms with Crippen LogP contribution in [0.15, 0.2) is 58.1 Å². The second-order valence-corrected chi connectivity index (χ2v) is 5.46. The lowest BCUT2D eigenvalue weighted by molar-refractivity contribution is -0.738. The van der Waals surface area contributed by atoms with Crippen LogP contribution in [0.25, 0.3) is 28.4 Å². The minimum atomic E-state index is -0.116. The molecule has 0 aliphatic carbocycles. The normalized spacial score (nSPS) is 11.2. The van der Waals surface area contributed by atoms with E-state index in [0.29, 0.717) is 11.5 Å². The largest absolute Gasteiger partial charge is 0.444 e. The van der Waals surface area contributed by atoms with Crippen molar-refractivity contribution in [1.82, 2.24) is 14.5 Å². The number of fused-ring (bicyclic) bond motifs is 1. The molecule has 6 heteroatoms. The standard InChI is InChI=1S/C17H14N4O2/c1-11-10-23-17(18-11)13-9-20(2)21-15(22)8-14(19-16(13)21)12-6-4-3-5-7-12/h3-10H,1-2H3/p+1. The van der Waals surface area contributed by atoms with E-state index in [0.717, 1.165) is 22.5 Å². The van der Waals surface area contributed by atoms with Gasteiger partial charge in [0.1, 0.15) is 11.8 Å². The second-order valence-electron chi connectivity index (χ2n) is 5.46. The highest BCUT2D eigenvalue weighted by atomic mass is 16.3. The number of nitrogens with one attached hydrogen (secondary N) is 1. The zero-order valence-electron chi connectivity index (χ0n) is 12.8. The molecule has 0 spiro atoms. The first kappa shape index (κ1) is 13.5. The molecule has 3 aromatic heterocycles. The molecule has 23 heavy (non-hydrogen) atoms. The Morgan fingerprint density at radius 1 is 1.26 bits per heavy atom. The van der Waals surface area contributed by atoms with E-state index in [9.17, 15) is 4.79 Å². The number of hydrogen-bond donors (Lipinski definition) is 1. The summed E-state index contributed by atoms with van der Waals surface area (Å²) in [6.45, 7) is 1.86. The van der Waals surface area contributed by atoms with E-state index in [4.69, 9.17) is 4.42 Å². The molecule has 4 rings (SSSR count). The number of benzene rings is 1. The molecule has 0 saturated heterocycles. The zero-order chi connectivity index (χ0) is 16.0. The third kappa shape index (κ3) is 2.15. The van der Waals surface area contributed by atoms with Gasteiger partial charge in [-0.2, -0.15) is 0 Å². The summed E-state index contributed by atoms with van der Waals surface area (Å²) in [5.74, 6) is 0.487. The highest BCUT2D eigenvalue weighted by molar-refractivity contribution is 5.72. The minimum Gasteiger partial charge on any atom is -0.444 e. The van der Waals surface area contributed by atoms with Crippen LogP contribution in [0.4, 0.5) is 0 Å². The quantitative estimate of drug-likeness (QED) is 0.577. The van der Waals surface area contributed by atoms with E-state index in [2.05, 4.69) is 9.97 Å². The number of H-pyrrole nitrogens is 1. The predicted molar refractivity (Wildman–Crippen MR) is 84.9 cm³/mol. The van der Waals surface area contributed by atoms with E-state index < -0.39 is 0 Å². The van der Waals surface area contributed by atoms with Crippen molar-refractivity contribution in [1.29, 1.82) is 0 Å². The summed E-state index contributed by atoms with van der Waals surface area (Å²) in [5, 5.41) is 0. The molecular weight excluding hydrogens is 292 g/mol. The number of aromatic nitrogens is 4. The molecule has 0 saturated carbocycles. The average Bonchev–Trinajstić information content (AvgIpc) is 3.12. The van der Waals surface area contributed by atoms with Gasteiger partial charge in [-0.3, -0.25) is 4.79 Å². The molecule has 4 aromatic rings. The second kappa shape index (κ2) is 4.95. The molecule has 0 fully saturated rings. The van der Waals surface area contributed by atoms with Crippen molar-refractivity contribution >= 4 is 5.65 Å². The van der Waals surface area contributed by atoms with Crippen molar-refractivity contribution in [2.24, 2.45) is 7.05 Å². The van der Waals surface area contributed by atoms with Crippen LogP contribution in [0.3, 0.4) is 0 Å². The van der Waals surface area contributed by atoms with Gasteiger partial charge in [0, 0.05) is 6.07 Å². The van der Waals surface area contributed by atoms with Gasteiger partial charge in [0.15, 0.2) is 12.7 Å². The van der Waals surface area contributed by atoms with Crippen LogP contribution in [0.2, 0.25) is 0 Å². The Hall–Kier alpha value is -3.15. The average molecular weight is 307 g/mol. The topological polar surface area (TPSA) is 67.2 Å². The van der Waals surface area contributed by atoms with Crippen LogP contribution < -0.4 is 10.2 Å². The highest BCUT2D eigenvalue weighted by Gasteiger charge is 2.21. The monoisotopic (exact) mass is 307 g/mol. The molecule has 3 heterocycles. The molecule has 114 valence electrons. The molecule has 0 radical (unpaired) electrons. The van der Waals surface area contributed by atoms with Gasteiger partial charge in [-0.15, -0.1) is 4.68 Å². The molecule has 0 bridgehead atoms. The first-order valence-electron chi connectivity index (χ1n) is 7.26. The Labute approximate surface area is 131 Å². The number of aromatic amines is 1. The predicted octanol–water partition coefficient (Wildman–Crippen LogP) is 2.08. The first-order valence-corrected chi connectivity index (χ1v) is 7.26. The summed E-state index contributed by atoms with van der Waals surface area (Å²) in [7, 11) is 1.81.